The molecule has 0 aliphatic heterocycles. The van der Waals surface area contributed by atoms with E-state index in [-0.39, 0.29) is 0 Å². The topological polar surface area (TPSA) is 0 Å². The second-order valence-corrected chi connectivity index (χ2v) is 5.21. The lowest BCUT2D eigenvalue weighted by atomic mass is 9.81. The molecule has 0 nitrogen and oxygen atoms in total. The van der Waals surface area contributed by atoms with Crippen molar-refractivity contribution < 1.29 is 0 Å². The summed E-state index contributed by atoms with van der Waals surface area (Å²) < 4.78 is 2.28. The highest BCUT2D eigenvalue weighted by molar-refractivity contribution is 9.10. The van der Waals surface area contributed by atoms with E-state index in [0.29, 0.717) is 0 Å². The van der Waals surface area contributed by atoms with Crippen LogP contribution in [0.4, 0.5) is 0 Å². The summed E-state index contributed by atoms with van der Waals surface area (Å²) >= 11 is 6.98. The van der Waals surface area contributed by atoms with Gasteiger partial charge in [0.1, 0.15) is 0 Å². The first kappa shape index (κ1) is 8.69. The Morgan fingerprint density at radius 3 is 1.43 bits per heavy atom. The molecule has 0 amide bonds. The number of hydrogen-bond acceptors (Lipinski definition) is 0. The maximum Gasteiger partial charge on any atom is 0.0181 e. The monoisotopic (exact) mass is 308 g/mol. The molecule has 1 aliphatic carbocycles. The van der Waals surface area contributed by atoms with Gasteiger partial charge in [-0.15, -0.1) is 0 Å². The smallest absolute Gasteiger partial charge is 0.0181 e. The first-order valence-corrected chi connectivity index (χ1v) is 5.94. The Hall–Kier alpha value is -0.600. The molecule has 0 saturated carbocycles. The number of benzene rings is 2. The number of hydrogen-bond donors (Lipinski definition) is 0. The molecule has 3 rings (SSSR count). The molecule has 0 fully saturated rings. The fourth-order valence-electron chi connectivity index (χ4n) is 1.89. The van der Waals surface area contributed by atoms with E-state index >= 15 is 0 Å². The van der Waals surface area contributed by atoms with Crippen LogP contribution in [0.1, 0.15) is 0 Å². The zero-order valence-corrected chi connectivity index (χ0v) is 10.4. The van der Waals surface area contributed by atoms with Gasteiger partial charge in [-0.3, -0.25) is 0 Å². The third-order valence-corrected chi connectivity index (χ3v) is 3.53. The van der Waals surface area contributed by atoms with Crippen molar-refractivity contribution in [3.05, 3.63) is 45.3 Å². The maximum atomic E-state index is 3.49. The quantitative estimate of drug-likeness (QED) is 0.556. The molecule has 1 aliphatic rings. The van der Waals surface area contributed by atoms with Gasteiger partial charge >= 0.3 is 0 Å². The van der Waals surface area contributed by atoms with E-state index in [1.165, 1.54) is 22.3 Å². The summed E-state index contributed by atoms with van der Waals surface area (Å²) in [6.45, 7) is 0. The standard InChI is InChI=1S/C12H6Br2/c13-7-1-3-9-10-4-2-8(14)6-12(10)11(9)5-7/h1-6H. The van der Waals surface area contributed by atoms with Crippen molar-refractivity contribution in [1.82, 2.24) is 0 Å². The summed E-state index contributed by atoms with van der Waals surface area (Å²) in [5.74, 6) is 0. The normalized spacial score (nSPS) is 11.6. The van der Waals surface area contributed by atoms with Crippen LogP contribution in [0.2, 0.25) is 0 Å². The molecule has 0 unspecified atom stereocenters. The van der Waals surface area contributed by atoms with Crippen LogP contribution in [0.3, 0.4) is 0 Å². The van der Waals surface area contributed by atoms with Crippen LogP contribution in [-0.2, 0) is 0 Å². The minimum Gasteiger partial charge on any atom is -0.0526 e. The van der Waals surface area contributed by atoms with Crippen molar-refractivity contribution in [3.63, 3.8) is 0 Å². The number of fused-ring (bicyclic) bond motifs is 4. The fourth-order valence-corrected chi connectivity index (χ4v) is 2.61. The van der Waals surface area contributed by atoms with Gasteiger partial charge in [-0.2, -0.15) is 0 Å². The van der Waals surface area contributed by atoms with Crippen LogP contribution in [0.25, 0.3) is 22.3 Å². The zero-order chi connectivity index (χ0) is 9.71. The molecular formula is C12H6Br2. The van der Waals surface area contributed by atoms with Crippen molar-refractivity contribution in [2.24, 2.45) is 0 Å². The van der Waals surface area contributed by atoms with Crippen molar-refractivity contribution >= 4 is 31.9 Å². The molecule has 0 heterocycles. The molecule has 0 atom stereocenters. The van der Waals surface area contributed by atoms with Crippen LogP contribution < -0.4 is 0 Å². The maximum absolute atomic E-state index is 3.49. The SMILES string of the molecule is Brc1ccc2c(c1)-c1cc(Br)ccc1-2. The third-order valence-electron chi connectivity index (χ3n) is 2.54. The van der Waals surface area contributed by atoms with Gasteiger partial charge < -0.3 is 0 Å². The van der Waals surface area contributed by atoms with E-state index in [9.17, 15) is 0 Å². The molecular weight excluding hydrogens is 304 g/mol. The van der Waals surface area contributed by atoms with Gasteiger partial charge in [0.05, 0.1) is 0 Å². The van der Waals surface area contributed by atoms with E-state index in [1.54, 1.807) is 0 Å². The summed E-state index contributed by atoms with van der Waals surface area (Å²) in [5, 5.41) is 0. The lowest BCUT2D eigenvalue weighted by molar-refractivity contribution is 1.49. The fraction of sp³-hybridized carbons (Fsp3) is 0. The van der Waals surface area contributed by atoms with Gasteiger partial charge in [-0.1, -0.05) is 44.0 Å². The van der Waals surface area contributed by atoms with Gasteiger partial charge in [0.15, 0.2) is 0 Å². The summed E-state index contributed by atoms with van der Waals surface area (Å²) in [6, 6.07) is 12.8. The van der Waals surface area contributed by atoms with E-state index in [4.69, 9.17) is 0 Å². The largest absolute Gasteiger partial charge is 0.0526 e. The predicted octanol–water partition coefficient (Wildman–Crippen LogP) is 4.86. The van der Waals surface area contributed by atoms with Gasteiger partial charge in [0, 0.05) is 8.95 Å². The predicted molar refractivity (Wildman–Crippen MR) is 66.3 cm³/mol. The molecule has 14 heavy (non-hydrogen) atoms. The van der Waals surface area contributed by atoms with Crippen molar-refractivity contribution in [2.45, 2.75) is 0 Å². The molecule has 0 spiro atoms. The zero-order valence-electron chi connectivity index (χ0n) is 7.22. The average molecular weight is 310 g/mol. The molecule has 2 aromatic carbocycles. The molecule has 68 valence electrons. The molecule has 0 radical (unpaired) electrons. The molecule has 2 heteroatoms. The van der Waals surface area contributed by atoms with Crippen molar-refractivity contribution in [3.8, 4) is 22.3 Å². The highest BCUT2D eigenvalue weighted by Gasteiger charge is 2.21. The van der Waals surface area contributed by atoms with E-state index < -0.39 is 0 Å². The summed E-state index contributed by atoms with van der Waals surface area (Å²) in [6.07, 6.45) is 0. The Labute approximate surface area is 99.2 Å². The highest BCUT2D eigenvalue weighted by atomic mass is 79.9. The Morgan fingerprint density at radius 2 is 1.00 bits per heavy atom. The van der Waals surface area contributed by atoms with Gasteiger partial charge in [0.2, 0.25) is 0 Å². The van der Waals surface area contributed by atoms with Gasteiger partial charge in [-0.25, -0.2) is 0 Å². The van der Waals surface area contributed by atoms with Crippen LogP contribution in [0.15, 0.2) is 45.3 Å². The van der Waals surface area contributed by atoms with E-state index in [0.717, 1.165) is 8.95 Å². The second kappa shape index (κ2) is 2.94. The second-order valence-electron chi connectivity index (χ2n) is 3.38. The Morgan fingerprint density at radius 1 is 0.571 bits per heavy atom. The van der Waals surface area contributed by atoms with Crippen LogP contribution >= 0.6 is 31.9 Å². The third kappa shape index (κ3) is 1.11. The molecule has 0 bridgehead atoms. The molecule has 0 saturated heterocycles. The number of rotatable bonds is 0. The highest BCUT2D eigenvalue weighted by Crippen LogP contribution is 2.48. The number of halogens is 2. The van der Waals surface area contributed by atoms with Crippen LogP contribution in [0.5, 0.6) is 0 Å². The van der Waals surface area contributed by atoms with Gasteiger partial charge in [0.25, 0.3) is 0 Å². The molecule has 0 aromatic heterocycles. The Bertz CT molecular complexity index is 480. The summed E-state index contributed by atoms with van der Waals surface area (Å²) in [5.41, 5.74) is 5.40. The lowest BCUT2D eigenvalue weighted by Crippen LogP contribution is -1.97. The van der Waals surface area contributed by atoms with Gasteiger partial charge in [-0.05, 0) is 46.5 Å². The van der Waals surface area contributed by atoms with Crippen LogP contribution in [-0.4, -0.2) is 0 Å². The van der Waals surface area contributed by atoms with Crippen molar-refractivity contribution in [1.29, 1.82) is 0 Å². The lowest BCUT2D eigenvalue weighted by Gasteiger charge is -2.24. The first-order chi connectivity index (χ1) is 6.75. The summed E-state index contributed by atoms with van der Waals surface area (Å²) in [7, 11) is 0. The molecule has 2 aromatic rings. The molecule has 0 N–H and O–H groups in total. The van der Waals surface area contributed by atoms with Crippen molar-refractivity contribution in [2.75, 3.05) is 0 Å². The van der Waals surface area contributed by atoms with Crippen LogP contribution in [0, 0.1) is 0 Å². The van der Waals surface area contributed by atoms with E-state index in [2.05, 4.69) is 68.3 Å². The minimum absolute atomic E-state index is 1.14. The van der Waals surface area contributed by atoms with E-state index in [1.807, 2.05) is 0 Å². The minimum atomic E-state index is 1.14. The average Bonchev–Trinajstić information content (AvgIpc) is 2.17. The first-order valence-electron chi connectivity index (χ1n) is 4.35. The summed E-state index contributed by atoms with van der Waals surface area (Å²) in [4.78, 5) is 0. The Balaban J connectivity index is 2.26. The Kier molecular flexibility index (Phi) is 1.83.